The third-order valence-corrected chi connectivity index (χ3v) is 6.54. The number of ether oxygens (including phenoxy) is 2. The van der Waals surface area contributed by atoms with Crippen LogP contribution in [0.3, 0.4) is 0 Å². The van der Waals surface area contributed by atoms with E-state index in [4.69, 9.17) is 13.9 Å². The summed E-state index contributed by atoms with van der Waals surface area (Å²) in [7, 11) is 0. The number of H-pyrrole nitrogens is 1. The molecule has 0 bridgehead atoms. The highest BCUT2D eigenvalue weighted by Crippen LogP contribution is 2.25. The van der Waals surface area contributed by atoms with Gasteiger partial charge in [0.2, 0.25) is 0 Å². The van der Waals surface area contributed by atoms with Gasteiger partial charge in [-0.2, -0.15) is 0 Å². The van der Waals surface area contributed by atoms with Crippen LogP contribution in [0.5, 0.6) is 5.75 Å². The molecule has 1 atom stereocenters. The van der Waals surface area contributed by atoms with Crippen LogP contribution in [-0.2, 0) is 22.6 Å². The minimum atomic E-state index is -1.04. The van der Waals surface area contributed by atoms with E-state index in [0.29, 0.717) is 11.1 Å². The second-order valence-corrected chi connectivity index (χ2v) is 9.04. The van der Waals surface area contributed by atoms with Gasteiger partial charge in [0.15, 0.2) is 0 Å². The Morgan fingerprint density at radius 1 is 0.947 bits per heavy atom. The lowest BCUT2D eigenvalue weighted by atomic mass is 10.0. The molecule has 192 valence electrons. The van der Waals surface area contributed by atoms with Gasteiger partial charge in [0.1, 0.15) is 24.0 Å². The second-order valence-electron chi connectivity index (χ2n) is 9.04. The summed E-state index contributed by atoms with van der Waals surface area (Å²) in [5.41, 5.74) is 3.76. The van der Waals surface area contributed by atoms with E-state index in [1.54, 1.807) is 25.3 Å². The SMILES string of the molecule is Cc1c(C)c2ccc(OC(=O)C(Cc3c[nH]c4ccccc34)NC(=O)OCc3ccccc3)cc2oc1=O. The molecule has 0 aliphatic carbocycles. The molecule has 1 unspecified atom stereocenters. The summed E-state index contributed by atoms with van der Waals surface area (Å²) in [4.78, 5) is 41.3. The maximum absolute atomic E-state index is 13.3. The topological polar surface area (TPSA) is 111 Å². The molecule has 0 aliphatic heterocycles. The van der Waals surface area contributed by atoms with Crippen molar-refractivity contribution in [3.8, 4) is 5.75 Å². The molecule has 8 heteroatoms. The average molecular weight is 511 g/mol. The zero-order chi connectivity index (χ0) is 26.6. The molecule has 5 aromatic rings. The number of hydrogen-bond acceptors (Lipinski definition) is 6. The summed E-state index contributed by atoms with van der Waals surface area (Å²) in [6.45, 7) is 3.60. The van der Waals surface area contributed by atoms with Crippen LogP contribution in [0.15, 0.2) is 88.2 Å². The zero-order valence-corrected chi connectivity index (χ0v) is 20.9. The number of nitrogens with one attached hydrogen (secondary N) is 2. The molecule has 0 saturated carbocycles. The van der Waals surface area contributed by atoms with Gasteiger partial charge in [-0.1, -0.05) is 48.5 Å². The minimum Gasteiger partial charge on any atom is -0.445 e. The molecule has 0 fully saturated rings. The first-order valence-corrected chi connectivity index (χ1v) is 12.2. The Labute approximate surface area is 218 Å². The van der Waals surface area contributed by atoms with Crippen LogP contribution in [0.2, 0.25) is 0 Å². The molecule has 0 radical (unpaired) electrons. The highest BCUT2D eigenvalue weighted by Gasteiger charge is 2.26. The Morgan fingerprint density at radius 2 is 1.71 bits per heavy atom. The van der Waals surface area contributed by atoms with E-state index >= 15 is 0 Å². The lowest BCUT2D eigenvalue weighted by molar-refractivity contribution is -0.136. The number of aryl methyl sites for hydroxylation is 1. The van der Waals surface area contributed by atoms with Gasteiger partial charge in [-0.15, -0.1) is 0 Å². The van der Waals surface area contributed by atoms with E-state index in [2.05, 4.69) is 10.3 Å². The summed E-state index contributed by atoms with van der Waals surface area (Å²) in [5, 5.41) is 4.33. The van der Waals surface area contributed by atoms with Crippen molar-refractivity contribution in [3.05, 3.63) is 112 Å². The summed E-state index contributed by atoms with van der Waals surface area (Å²) in [5.74, 6) is -0.491. The molecule has 2 N–H and O–H groups in total. The van der Waals surface area contributed by atoms with Crippen molar-refractivity contribution in [2.45, 2.75) is 32.9 Å². The number of carbonyl (C=O) groups is 2. The number of alkyl carbamates (subject to hydrolysis) is 1. The quantitative estimate of drug-likeness (QED) is 0.174. The van der Waals surface area contributed by atoms with Gasteiger partial charge in [0.05, 0.1) is 0 Å². The zero-order valence-electron chi connectivity index (χ0n) is 20.9. The first kappa shape index (κ1) is 24.8. The first-order chi connectivity index (χ1) is 18.4. The second kappa shape index (κ2) is 10.6. The van der Waals surface area contributed by atoms with Crippen molar-refractivity contribution < 1.29 is 23.5 Å². The molecule has 5 rings (SSSR count). The standard InChI is InChI=1S/C30H26N2O6/c1-18-19(2)28(33)38-27-15-22(12-13-23(18)27)37-29(34)26(14-21-16-31-25-11-7-6-10-24(21)25)32-30(35)36-17-20-8-4-3-5-9-20/h3-13,15-16,26,31H,14,17H2,1-2H3,(H,32,35). The maximum atomic E-state index is 13.3. The van der Waals surface area contributed by atoms with E-state index in [0.717, 1.165) is 33.0 Å². The molecule has 8 nitrogen and oxygen atoms in total. The fraction of sp³-hybridized carbons (Fsp3) is 0.167. The Morgan fingerprint density at radius 3 is 2.53 bits per heavy atom. The number of para-hydroxylation sites is 1. The smallest absolute Gasteiger partial charge is 0.408 e. The van der Waals surface area contributed by atoms with Crippen molar-refractivity contribution in [3.63, 3.8) is 0 Å². The van der Waals surface area contributed by atoms with Gasteiger partial charge >= 0.3 is 17.7 Å². The van der Waals surface area contributed by atoms with Crippen LogP contribution in [-0.4, -0.2) is 23.1 Å². The molecular weight excluding hydrogens is 484 g/mol. The highest BCUT2D eigenvalue weighted by atomic mass is 16.6. The molecule has 0 spiro atoms. The number of aromatic amines is 1. The first-order valence-electron chi connectivity index (χ1n) is 12.2. The summed E-state index contributed by atoms with van der Waals surface area (Å²) in [6, 6.07) is 20.8. The van der Waals surface area contributed by atoms with E-state index in [9.17, 15) is 14.4 Å². The molecule has 38 heavy (non-hydrogen) atoms. The van der Waals surface area contributed by atoms with Gasteiger partial charge < -0.3 is 24.2 Å². The fourth-order valence-electron chi connectivity index (χ4n) is 4.30. The predicted molar refractivity (Wildman–Crippen MR) is 143 cm³/mol. The Balaban J connectivity index is 1.37. The fourth-order valence-corrected chi connectivity index (χ4v) is 4.30. The number of esters is 1. The summed E-state index contributed by atoms with van der Waals surface area (Å²) >= 11 is 0. The van der Waals surface area contributed by atoms with Gasteiger partial charge in [0.25, 0.3) is 0 Å². The summed E-state index contributed by atoms with van der Waals surface area (Å²) in [6.07, 6.45) is 1.23. The number of carbonyl (C=O) groups excluding carboxylic acids is 2. The Bertz CT molecular complexity index is 1690. The van der Waals surface area contributed by atoms with Crippen LogP contribution < -0.4 is 15.7 Å². The van der Waals surface area contributed by atoms with Crippen molar-refractivity contribution in [2.24, 2.45) is 0 Å². The number of benzene rings is 3. The van der Waals surface area contributed by atoms with Gasteiger partial charge in [-0.25, -0.2) is 14.4 Å². The molecule has 0 saturated heterocycles. The molecule has 1 amide bonds. The number of fused-ring (bicyclic) bond motifs is 2. The highest BCUT2D eigenvalue weighted by molar-refractivity contribution is 5.88. The van der Waals surface area contributed by atoms with E-state index < -0.39 is 23.7 Å². The average Bonchev–Trinajstić information content (AvgIpc) is 3.33. The largest absolute Gasteiger partial charge is 0.445 e. The number of aromatic nitrogens is 1. The number of hydrogen-bond donors (Lipinski definition) is 2. The van der Waals surface area contributed by atoms with Crippen molar-refractivity contribution >= 4 is 33.9 Å². The molecule has 3 aromatic carbocycles. The normalized spacial score (nSPS) is 11.8. The van der Waals surface area contributed by atoms with Crippen LogP contribution in [0.1, 0.15) is 22.3 Å². The molecular formula is C30H26N2O6. The van der Waals surface area contributed by atoms with Crippen LogP contribution in [0.25, 0.3) is 21.9 Å². The van der Waals surface area contributed by atoms with Crippen molar-refractivity contribution in [1.82, 2.24) is 10.3 Å². The monoisotopic (exact) mass is 510 g/mol. The lowest BCUT2D eigenvalue weighted by Crippen LogP contribution is -2.44. The van der Waals surface area contributed by atoms with E-state index in [1.807, 2.05) is 61.5 Å². The van der Waals surface area contributed by atoms with Gasteiger partial charge in [0, 0.05) is 40.5 Å². The Hall–Kier alpha value is -4.85. The third-order valence-electron chi connectivity index (χ3n) is 6.54. The van der Waals surface area contributed by atoms with Crippen molar-refractivity contribution in [1.29, 1.82) is 0 Å². The van der Waals surface area contributed by atoms with Crippen LogP contribution >= 0.6 is 0 Å². The maximum Gasteiger partial charge on any atom is 0.408 e. The number of rotatable bonds is 7. The summed E-state index contributed by atoms with van der Waals surface area (Å²) < 4.78 is 16.4. The third kappa shape index (κ3) is 5.29. The van der Waals surface area contributed by atoms with E-state index in [1.165, 1.54) is 6.07 Å². The molecule has 0 aliphatic rings. The molecule has 2 aromatic heterocycles. The lowest BCUT2D eigenvalue weighted by Gasteiger charge is -2.18. The van der Waals surface area contributed by atoms with Gasteiger partial charge in [-0.3, -0.25) is 0 Å². The number of amides is 1. The predicted octanol–water partition coefficient (Wildman–Crippen LogP) is 5.33. The van der Waals surface area contributed by atoms with Gasteiger partial charge in [-0.05, 0) is 48.7 Å². The van der Waals surface area contributed by atoms with Crippen molar-refractivity contribution in [2.75, 3.05) is 0 Å². The Kier molecular flexibility index (Phi) is 6.95. The minimum absolute atomic E-state index is 0.0595. The van der Waals surface area contributed by atoms with E-state index in [-0.39, 0.29) is 18.8 Å². The van der Waals surface area contributed by atoms with Crippen LogP contribution in [0, 0.1) is 13.8 Å². The molecule has 2 heterocycles. The van der Waals surface area contributed by atoms with Crippen LogP contribution in [0.4, 0.5) is 4.79 Å².